The van der Waals surface area contributed by atoms with E-state index >= 15 is 0 Å². The molecule has 0 aliphatic carbocycles. The Balaban J connectivity index is 1.52. The van der Waals surface area contributed by atoms with E-state index in [1.807, 2.05) is 38.1 Å². The number of urea groups is 1. The van der Waals surface area contributed by atoms with Crippen molar-refractivity contribution >= 4 is 17.7 Å². The Morgan fingerprint density at radius 2 is 2.12 bits per heavy atom. The number of aliphatic hydroxyl groups excluding tert-OH is 1. The lowest BCUT2D eigenvalue weighted by atomic mass is 10.1. The minimum atomic E-state index is -0.366. The number of carbonyl (C=O) groups excluding carboxylic acids is 1. The number of hydrogen-bond acceptors (Lipinski definition) is 7. The van der Waals surface area contributed by atoms with Crippen LogP contribution in [0.1, 0.15) is 12.6 Å². The van der Waals surface area contributed by atoms with Crippen LogP contribution in [-0.4, -0.2) is 52.5 Å². The number of aliphatic hydroxyl groups is 1. The molecule has 0 aromatic carbocycles. The zero-order valence-electron chi connectivity index (χ0n) is 18.0. The van der Waals surface area contributed by atoms with Crippen molar-refractivity contribution in [3.8, 4) is 22.9 Å². The molecule has 0 saturated carbocycles. The lowest BCUT2D eigenvalue weighted by Gasteiger charge is -2.28. The van der Waals surface area contributed by atoms with Gasteiger partial charge in [0.25, 0.3) is 0 Å². The Morgan fingerprint density at radius 1 is 1.25 bits per heavy atom. The van der Waals surface area contributed by atoms with Gasteiger partial charge >= 0.3 is 6.03 Å². The second kappa shape index (κ2) is 9.61. The second-order valence-electron chi connectivity index (χ2n) is 7.60. The fourth-order valence-electron chi connectivity index (χ4n) is 3.09. The molecule has 0 saturated heterocycles. The molecular formula is C23H25N5O4. The number of anilines is 2. The summed E-state index contributed by atoms with van der Waals surface area (Å²) in [7, 11) is 0. The summed E-state index contributed by atoms with van der Waals surface area (Å²) in [6.45, 7) is 4.87. The quantitative estimate of drug-likeness (QED) is 0.611. The Labute approximate surface area is 186 Å². The molecule has 1 atom stereocenters. The molecule has 1 aliphatic heterocycles. The van der Waals surface area contributed by atoms with Crippen LogP contribution in [-0.2, 0) is 0 Å². The molecule has 3 aromatic rings. The molecule has 0 fully saturated rings. The molecule has 9 heteroatoms. The van der Waals surface area contributed by atoms with Crippen LogP contribution in [0, 0.1) is 12.8 Å². The van der Waals surface area contributed by atoms with Gasteiger partial charge in [0, 0.05) is 36.0 Å². The maximum Gasteiger partial charge on any atom is 0.328 e. The minimum absolute atomic E-state index is 0.0103. The highest BCUT2D eigenvalue weighted by Gasteiger charge is 2.26. The van der Waals surface area contributed by atoms with Gasteiger partial charge in [0.1, 0.15) is 12.4 Å². The lowest BCUT2D eigenvalue weighted by molar-refractivity contribution is 0.171. The summed E-state index contributed by atoms with van der Waals surface area (Å²) in [4.78, 5) is 27.9. The minimum Gasteiger partial charge on any atom is -0.488 e. The fourth-order valence-corrected chi connectivity index (χ4v) is 3.09. The van der Waals surface area contributed by atoms with Crippen LogP contribution in [0.15, 0.2) is 48.7 Å². The van der Waals surface area contributed by atoms with E-state index in [1.165, 1.54) is 4.90 Å². The van der Waals surface area contributed by atoms with Gasteiger partial charge in [-0.1, -0.05) is 13.0 Å². The normalized spacial score (nSPS) is 13.7. The Kier molecular flexibility index (Phi) is 6.46. The number of carbonyl (C=O) groups is 1. The van der Waals surface area contributed by atoms with E-state index in [-0.39, 0.29) is 18.6 Å². The van der Waals surface area contributed by atoms with Gasteiger partial charge in [0.2, 0.25) is 5.88 Å². The first-order chi connectivity index (χ1) is 15.5. The van der Waals surface area contributed by atoms with Crippen LogP contribution in [0.3, 0.4) is 0 Å². The van der Waals surface area contributed by atoms with E-state index in [0.717, 1.165) is 11.3 Å². The van der Waals surface area contributed by atoms with E-state index in [4.69, 9.17) is 14.6 Å². The maximum atomic E-state index is 13.0. The number of amides is 2. The van der Waals surface area contributed by atoms with Crippen LogP contribution in [0.25, 0.3) is 11.3 Å². The van der Waals surface area contributed by atoms with Crippen LogP contribution >= 0.6 is 0 Å². The standard InChI is InChI=1S/C23H25N5O4/c1-15(13-29)14-32-21-5-3-4-20(26-21)27-23(30)28-10-11-31-19-9-8-18(25-22(19)28)17-7-6-16(2)24-12-17/h3-9,12,15,29H,10-11,13-14H2,1-2H3,(H,26,27,30)/t15-/m1/s1. The molecule has 2 amide bonds. The van der Waals surface area contributed by atoms with Crippen LogP contribution in [0.5, 0.6) is 11.6 Å². The summed E-state index contributed by atoms with van der Waals surface area (Å²) in [6, 6.07) is 12.3. The maximum absolute atomic E-state index is 13.0. The topological polar surface area (TPSA) is 110 Å². The fraction of sp³-hybridized carbons (Fsp3) is 0.304. The smallest absolute Gasteiger partial charge is 0.328 e. The van der Waals surface area contributed by atoms with E-state index in [9.17, 15) is 4.79 Å². The zero-order chi connectivity index (χ0) is 22.5. The highest BCUT2D eigenvalue weighted by Crippen LogP contribution is 2.32. The number of aryl methyl sites for hydroxylation is 1. The summed E-state index contributed by atoms with van der Waals surface area (Å²) in [5, 5.41) is 11.9. The molecule has 4 heterocycles. The first-order valence-electron chi connectivity index (χ1n) is 10.4. The summed E-state index contributed by atoms with van der Waals surface area (Å²) in [5.41, 5.74) is 2.47. The summed E-state index contributed by atoms with van der Waals surface area (Å²) in [5.74, 6) is 1.70. The van der Waals surface area contributed by atoms with Gasteiger partial charge in [-0.15, -0.1) is 0 Å². The number of hydrogen-bond donors (Lipinski definition) is 2. The highest BCUT2D eigenvalue weighted by atomic mass is 16.5. The first kappa shape index (κ1) is 21.5. The van der Waals surface area contributed by atoms with E-state index in [2.05, 4.69) is 20.3 Å². The van der Waals surface area contributed by atoms with Crippen molar-refractivity contribution in [1.29, 1.82) is 0 Å². The summed E-state index contributed by atoms with van der Waals surface area (Å²) in [6.07, 6.45) is 1.76. The summed E-state index contributed by atoms with van der Waals surface area (Å²) < 4.78 is 11.3. The van der Waals surface area contributed by atoms with Gasteiger partial charge in [-0.2, -0.15) is 4.98 Å². The lowest BCUT2D eigenvalue weighted by Crippen LogP contribution is -2.41. The molecule has 0 radical (unpaired) electrons. The Bertz CT molecular complexity index is 1090. The average Bonchev–Trinajstić information content (AvgIpc) is 2.82. The van der Waals surface area contributed by atoms with Crippen molar-refractivity contribution in [1.82, 2.24) is 15.0 Å². The molecule has 32 heavy (non-hydrogen) atoms. The second-order valence-corrected chi connectivity index (χ2v) is 7.60. The molecule has 1 aliphatic rings. The summed E-state index contributed by atoms with van der Waals surface area (Å²) >= 11 is 0. The predicted molar refractivity (Wildman–Crippen MR) is 120 cm³/mol. The molecule has 4 rings (SSSR count). The van der Waals surface area contributed by atoms with Crippen molar-refractivity contribution in [3.63, 3.8) is 0 Å². The van der Waals surface area contributed by atoms with Gasteiger partial charge < -0.3 is 14.6 Å². The molecule has 166 valence electrons. The van der Waals surface area contributed by atoms with Gasteiger partial charge in [-0.05, 0) is 37.3 Å². The molecule has 2 N–H and O–H groups in total. The number of rotatable bonds is 6. The van der Waals surface area contributed by atoms with Gasteiger partial charge in [0.05, 0.1) is 18.8 Å². The number of ether oxygens (including phenoxy) is 2. The van der Waals surface area contributed by atoms with Crippen molar-refractivity contribution < 1.29 is 19.4 Å². The number of fused-ring (bicyclic) bond motifs is 1. The molecule has 0 spiro atoms. The third kappa shape index (κ3) is 4.94. The molecular weight excluding hydrogens is 410 g/mol. The SMILES string of the molecule is Cc1ccc(-c2ccc3c(n2)N(C(=O)Nc2cccc(OC[C@H](C)CO)n2)CCO3)cn1. The van der Waals surface area contributed by atoms with Gasteiger partial charge in [-0.25, -0.2) is 9.78 Å². The molecule has 0 bridgehead atoms. The Morgan fingerprint density at radius 3 is 2.91 bits per heavy atom. The van der Waals surface area contributed by atoms with Crippen LogP contribution < -0.4 is 19.7 Å². The third-order valence-corrected chi connectivity index (χ3v) is 4.91. The largest absolute Gasteiger partial charge is 0.488 e. The molecule has 0 unspecified atom stereocenters. The van der Waals surface area contributed by atoms with Gasteiger partial charge in [-0.3, -0.25) is 15.2 Å². The number of nitrogens with zero attached hydrogens (tertiary/aromatic N) is 4. The van der Waals surface area contributed by atoms with Crippen molar-refractivity contribution in [2.24, 2.45) is 5.92 Å². The number of nitrogens with one attached hydrogen (secondary N) is 1. The highest BCUT2D eigenvalue weighted by molar-refractivity contribution is 6.01. The predicted octanol–water partition coefficient (Wildman–Crippen LogP) is 3.29. The van der Waals surface area contributed by atoms with Crippen LogP contribution in [0.2, 0.25) is 0 Å². The van der Waals surface area contributed by atoms with E-state index in [1.54, 1.807) is 24.4 Å². The van der Waals surface area contributed by atoms with Crippen LogP contribution in [0.4, 0.5) is 16.4 Å². The van der Waals surface area contributed by atoms with Gasteiger partial charge in [0.15, 0.2) is 11.6 Å². The number of aromatic nitrogens is 3. The van der Waals surface area contributed by atoms with Crippen molar-refractivity contribution in [3.05, 3.63) is 54.4 Å². The van der Waals surface area contributed by atoms with E-state index < -0.39 is 0 Å². The Hall–Kier alpha value is -3.72. The van der Waals surface area contributed by atoms with E-state index in [0.29, 0.717) is 48.7 Å². The zero-order valence-corrected chi connectivity index (χ0v) is 18.0. The molecule has 3 aromatic heterocycles. The van der Waals surface area contributed by atoms with Crippen molar-refractivity contribution in [2.45, 2.75) is 13.8 Å². The monoisotopic (exact) mass is 435 g/mol. The van der Waals surface area contributed by atoms with Crippen molar-refractivity contribution in [2.75, 3.05) is 36.6 Å². The first-order valence-corrected chi connectivity index (χ1v) is 10.4. The molecule has 9 nitrogen and oxygen atoms in total. The number of pyridine rings is 3. The third-order valence-electron chi connectivity index (χ3n) is 4.91. The average molecular weight is 435 g/mol.